The summed E-state index contributed by atoms with van der Waals surface area (Å²) < 4.78 is 5.55. The lowest BCUT2D eigenvalue weighted by molar-refractivity contribution is -0.144. The third-order valence-corrected chi connectivity index (χ3v) is 3.00. The number of carbonyl (C=O) groups excluding carboxylic acids is 1. The Hall–Kier alpha value is -2.04. The van der Waals surface area contributed by atoms with E-state index in [-0.39, 0.29) is 12.5 Å². The van der Waals surface area contributed by atoms with E-state index in [4.69, 9.17) is 9.84 Å². The van der Waals surface area contributed by atoms with Gasteiger partial charge in [-0.1, -0.05) is 24.6 Å². The van der Waals surface area contributed by atoms with E-state index in [9.17, 15) is 9.59 Å². The van der Waals surface area contributed by atoms with Crippen LogP contribution in [0.2, 0.25) is 0 Å². The lowest BCUT2D eigenvalue weighted by Crippen LogP contribution is -2.36. The average molecular weight is 293 g/mol. The van der Waals surface area contributed by atoms with Crippen LogP contribution in [0.4, 0.5) is 0 Å². The molecule has 0 aliphatic rings. The van der Waals surface area contributed by atoms with Crippen molar-refractivity contribution in [1.82, 2.24) is 4.90 Å². The number of carbonyl (C=O) groups is 2. The smallest absolute Gasteiger partial charge is 0.323 e. The first kappa shape index (κ1) is 17.0. The second-order valence-corrected chi connectivity index (χ2v) is 4.97. The predicted octanol–water partition coefficient (Wildman–Crippen LogP) is 2.48. The number of rotatable bonds is 9. The molecule has 0 aliphatic carbocycles. The quantitative estimate of drug-likeness (QED) is 0.710. The van der Waals surface area contributed by atoms with Crippen molar-refractivity contribution in [2.45, 2.75) is 33.1 Å². The molecule has 1 aromatic rings. The Labute approximate surface area is 125 Å². The van der Waals surface area contributed by atoms with Gasteiger partial charge in [-0.25, -0.2) is 0 Å². The summed E-state index contributed by atoms with van der Waals surface area (Å²) in [6, 6.07) is 7.72. The predicted molar refractivity (Wildman–Crippen MR) is 80.4 cm³/mol. The minimum Gasteiger partial charge on any atom is -0.494 e. The first-order valence-electron chi connectivity index (χ1n) is 7.22. The van der Waals surface area contributed by atoms with Gasteiger partial charge >= 0.3 is 5.97 Å². The summed E-state index contributed by atoms with van der Waals surface area (Å²) in [4.78, 5) is 24.0. The number of carboxylic acid groups (broad SMARTS) is 1. The lowest BCUT2D eigenvalue weighted by atomic mass is 10.2. The second kappa shape index (κ2) is 9.00. The number of amides is 1. The summed E-state index contributed by atoms with van der Waals surface area (Å²) in [5.74, 6) is -0.330. The summed E-state index contributed by atoms with van der Waals surface area (Å²) in [7, 11) is 0. The number of hydrogen-bond donors (Lipinski definition) is 1. The molecular formula is C16H23NO4. The summed E-state index contributed by atoms with van der Waals surface area (Å²) in [5.41, 5.74) is 1.17. The number of aliphatic carboxylic acids is 1. The molecule has 0 unspecified atom stereocenters. The van der Waals surface area contributed by atoms with Crippen LogP contribution in [0.25, 0.3) is 0 Å². The number of carboxylic acids is 1. The third kappa shape index (κ3) is 6.79. The molecule has 0 spiro atoms. The van der Waals surface area contributed by atoms with Gasteiger partial charge in [-0.3, -0.25) is 9.59 Å². The zero-order chi connectivity index (χ0) is 15.7. The minimum absolute atomic E-state index is 0.133. The highest BCUT2D eigenvalue weighted by Gasteiger charge is 2.15. The molecule has 0 radical (unpaired) electrons. The molecule has 1 amide bonds. The highest BCUT2D eigenvalue weighted by atomic mass is 16.5. The van der Waals surface area contributed by atoms with Crippen LogP contribution in [0.5, 0.6) is 5.75 Å². The van der Waals surface area contributed by atoms with Crippen molar-refractivity contribution in [1.29, 1.82) is 0 Å². The number of ether oxygens (including phenoxy) is 1. The van der Waals surface area contributed by atoms with Crippen LogP contribution in [-0.4, -0.2) is 41.6 Å². The number of nitrogens with zero attached hydrogens (tertiary/aromatic N) is 1. The summed E-state index contributed by atoms with van der Waals surface area (Å²) in [6.45, 7) is 4.62. The van der Waals surface area contributed by atoms with Crippen molar-refractivity contribution in [3.63, 3.8) is 0 Å². The number of hydrogen-bond acceptors (Lipinski definition) is 3. The lowest BCUT2D eigenvalue weighted by Gasteiger charge is -2.19. The molecule has 0 atom stereocenters. The Morgan fingerprint density at radius 1 is 1.24 bits per heavy atom. The highest BCUT2D eigenvalue weighted by Crippen LogP contribution is 2.12. The highest BCUT2D eigenvalue weighted by molar-refractivity contribution is 5.81. The van der Waals surface area contributed by atoms with Gasteiger partial charge in [0.25, 0.3) is 0 Å². The van der Waals surface area contributed by atoms with Crippen LogP contribution >= 0.6 is 0 Å². The van der Waals surface area contributed by atoms with Crippen LogP contribution in [0.3, 0.4) is 0 Å². The van der Waals surface area contributed by atoms with Crippen LogP contribution in [0.1, 0.15) is 31.7 Å². The van der Waals surface area contributed by atoms with Gasteiger partial charge in [-0.15, -0.1) is 0 Å². The molecule has 21 heavy (non-hydrogen) atoms. The fourth-order valence-electron chi connectivity index (χ4n) is 1.93. The molecule has 0 saturated heterocycles. The van der Waals surface area contributed by atoms with Gasteiger partial charge in [-0.2, -0.15) is 0 Å². The Morgan fingerprint density at radius 3 is 2.48 bits per heavy atom. The summed E-state index contributed by atoms with van der Waals surface area (Å²) in [6.07, 6.45) is 1.63. The van der Waals surface area contributed by atoms with Crippen molar-refractivity contribution in [3.05, 3.63) is 29.8 Å². The molecule has 1 N–H and O–H groups in total. The number of aryl methyl sites for hydroxylation is 1. The Balaban J connectivity index is 2.31. The van der Waals surface area contributed by atoms with Crippen LogP contribution in [-0.2, 0) is 9.59 Å². The maximum absolute atomic E-state index is 11.9. The van der Waals surface area contributed by atoms with Crippen LogP contribution in [0, 0.1) is 6.92 Å². The second-order valence-electron chi connectivity index (χ2n) is 4.97. The van der Waals surface area contributed by atoms with E-state index in [0.29, 0.717) is 26.0 Å². The average Bonchev–Trinajstić information content (AvgIpc) is 2.44. The molecule has 5 heteroatoms. The van der Waals surface area contributed by atoms with Gasteiger partial charge < -0.3 is 14.7 Å². The Bertz CT molecular complexity index is 456. The summed E-state index contributed by atoms with van der Waals surface area (Å²) >= 11 is 0. The molecule has 0 heterocycles. The molecule has 1 aromatic carbocycles. The van der Waals surface area contributed by atoms with Crippen molar-refractivity contribution in [2.24, 2.45) is 0 Å². The third-order valence-electron chi connectivity index (χ3n) is 3.00. The van der Waals surface area contributed by atoms with Gasteiger partial charge in [0.15, 0.2) is 0 Å². The normalized spacial score (nSPS) is 10.2. The zero-order valence-corrected chi connectivity index (χ0v) is 12.7. The molecule has 0 fully saturated rings. The van der Waals surface area contributed by atoms with Crippen LogP contribution in [0.15, 0.2) is 24.3 Å². The maximum atomic E-state index is 11.9. The molecule has 1 rings (SSSR count). The zero-order valence-electron chi connectivity index (χ0n) is 12.7. The van der Waals surface area contributed by atoms with Crippen LogP contribution < -0.4 is 4.74 Å². The first-order chi connectivity index (χ1) is 10.0. The van der Waals surface area contributed by atoms with Crippen molar-refractivity contribution in [2.75, 3.05) is 19.7 Å². The van der Waals surface area contributed by atoms with Crippen molar-refractivity contribution < 1.29 is 19.4 Å². The standard InChI is InChI=1S/C16H23NO4/c1-3-10-17(12-16(19)20)15(18)5-4-11-21-14-8-6-13(2)7-9-14/h6-9H,3-5,10-12H2,1-2H3,(H,19,20). The van der Waals surface area contributed by atoms with Gasteiger partial charge in [0.05, 0.1) is 6.61 Å². The Kier molecular flexibility index (Phi) is 7.29. The fraction of sp³-hybridized carbons (Fsp3) is 0.500. The molecule has 0 bridgehead atoms. The largest absolute Gasteiger partial charge is 0.494 e. The maximum Gasteiger partial charge on any atom is 0.323 e. The van der Waals surface area contributed by atoms with E-state index >= 15 is 0 Å². The van der Waals surface area contributed by atoms with Gasteiger partial charge in [-0.05, 0) is 31.9 Å². The fourth-order valence-corrected chi connectivity index (χ4v) is 1.93. The van der Waals surface area contributed by atoms with Gasteiger partial charge in [0.1, 0.15) is 12.3 Å². The van der Waals surface area contributed by atoms with Crippen molar-refractivity contribution >= 4 is 11.9 Å². The van der Waals surface area contributed by atoms with Gasteiger partial charge in [0, 0.05) is 13.0 Å². The number of benzene rings is 1. The SMILES string of the molecule is CCCN(CC(=O)O)C(=O)CCCOc1ccc(C)cc1. The monoisotopic (exact) mass is 293 g/mol. The molecule has 0 aliphatic heterocycles. The summed E-state index contributed by atoms with van der Waals surface area (Å²) in [5, 5.41) is 8.78. The van der Waals surface area contributed by atoms with E-state index in [1.807, 2.05) is 38.1 Å². The minimum atomic E-state index is -0.979. The van der Waals surface area contributed by atoms with E-state index < -0.39 is 5.97 Å². The molecular weight excluding hydrogens is 270 g/mol. The van der Waals surface area contributed by atoms with E-state index in [1.54, 1.807) is 0 Å². The van der Waals surface area contributed by atoms with E-state index in [1.165, 1.54) is 10.5 Å². The first-order valence-corrected chi connectivity index (χ1v) is 7.22. The molecule has 116 valence electrons. The van der Waals surface area contributed by atoms with Gasteiger partial charge in [0.2, 0.25) is 5.91 Å². The molecule has 0 aromatic heterocycles. The van der Waals surface area contributed by atoms with Crippen molar-refractivity contribution in [3.8, 4) is 5.75 Å². The van der Waals surface area contributed by atoms with E-state index in [2.05, 4.69) is 0 Å². The molecule has 0 saturated carbocycles. The topological polar surface area (TPSA) is 66.8 Å². The Morgan fingerprint density at radius 2 is 1.90 bits per heavy atom. The van der Waals surface area contributed by atoms with E-state index in [0.717, 1.165) is 12.2 Å². The molecule has 5 nitrogen and oxygen atoms in total.